The first-order valence-corrected chi connectivity index (χ1v) is 17.9. The smallest absolute Gasteiger partial charge is 0.156 e. The quantitative estimate of drug-likeness (QED) is 0.0699. The second kappa shape index (κ2) is 22.3. The summed E-state index contributed by atoms with van der Waals surface area (Å²) < 4.78 is 0. The van der Waals surface area contributed by atoms with Gasteiger partial charge < -0.3 is 10.2 Å². The molecule has 1 aromatic rings. The van der Waals surface area contributed by atoms with Crippen molar-refractivity contribution in [2.45, 2.75) is 150 Å². The summed E-state index contributed by atoms with van der Waals surface area (Å²) in [5.74, 6) is 1.73. The number of aryl methyl sites for hydroxylation is 1. The van der Waals surface area contributed by atoms with Gasteiger partial charge in [-0.15, -0.1) is 0 Å². The van der Waals surface area contributed by atoms with Crippen LogP contribution in [0.15, 0.2) is 35.5 Å². The molecule has 0 aromatic carbocycles. The van der Waals surface area contributed by atoms with Crippen LogP contribution in [0.3, 0.4) is 0 Å². The minimum Gasteiger partial charge on any atom is -0.343 e. The van der Waals surface area contributed by atoms with E-state index in [0.29, 0.717) is 0 Å². The molecule has 1 atom stereocenters. The summed E-state index contributed by atoms with van der Waals surface area (Å²) in [5.41, 5.74) is 7.08. The van der Waals surface area contributed by atoms with E-state index in [1.807, 2.05) is 13.1 Å². The SMILES string of the molecule is C=C(CCCCCCCCN(C)CCCCCC(=C)Nc1nc2c(c(C)c1N=CC)C=CCC2)CC(CC)CCCCC. The van der Waals surface area contributed by atoms with Gasteiger partial charge in [-0.25, -0.2) is 4.98 Å². The number of fused-ring (bicyclic) bond motifs is 1. The van der Waals surface area contributed by atoms with Gasteiger partial charge in [0.15, 0.2) is 5.82 Å². The Hall–Kier alpha value is -2.20. The van der Waals surface area contributed by atoms with E-state index in [4.69, 9.17) is 4.98 Å². The zero-order valence-electron chi connectivity index (χ0n) is 28.9. The number of nitrogens with zero attached hydrogens (tertiary/aromatic N) is 3. The van der Waals surface area contributed by atoms with Crippen LogP contribution in [0.2, 0.25) is 0 Å². The van der Waals surface area contributed by atoms with Gasteiger partial charge in [0.2, 0.25) is 0 Å². The summed E-state index contributed by atoms with van der Waals surface area (Å²) in [5, 5.41) is 3.50. The lowest BCUT2D eigenvalue weighted by molar-refractivity contribution is 0.315. The third-order valence-corrected chi connectivity index (χ3v) is 9.14. The van der Waals surface area contributed by atoms with E-state index in [0.717, 1.165) is 48.8 Å². The normalized spacial score (nSPS) is 13.5. The molecule has 1 N–H and O–H groups in total. The largest absolute Gasteiger partial charge is 0.343 e. The average molecular weight is 591 g/mol. The summed E-state index contributed by atoms with van der Waals surface area (Å²) >= 11 is 0. The van der Waals surface area contributed by atoms with Gasteiger partial charge in [-0.05, 0) is 103 Å². The molecule has 242 valence electrons. The van der Waals surface area contributed by atoms with Gasteiger partial charge in [-0.3, -0.25) is 4.99 Å². The molecular weight excluding hydrogens is 524 g/mol. The summed E-state index contributed by atoms with van der Waals surface area (Å²) in [7, 11) is 2.28. The molecule has 1 aromatic heterocycles. The molecule has 1 unspecified atom stereocenters. The second-order valence-electron chi connectivity index (χ2n) is 13.1. The molecule has 0 saturated heterocycles. The lowest BCUT2D eigenvalue weighted by Gasteiger charge is -2.19. The Bertz CT molecular complexity index is 1000. The number of rotatable bonds is 25. The zero-order chi connectivity index (χ0) is 31.3. The minimum atomic E-state index is 0.859. The number of nitrogens with one attached hydrogen (secondary N) is 1. The van der Waals surface area contributed by atoms with Gasteiger partial charge in [-0.1, -0.05) is 109 Å². The van der Waals surface area contributed by atoms with Gasteiger partial charge in [0, 0.05) is 17.5 Å². The molecule has 1 heterocycles. The summed E-state index contributed by atoms with van der Waals surface area (Å²) in [6.07, 6.45) is 30.4. The molecule has 0 amide bonds. The van der Waals surface area contributed by atoms with Crippen molar-refractivity contribution in [3.63, 3.8) is 0 Å². The number of aliphatic imine (C=N–C) groups is 1. The number of unbranched alkanes of at least 4 members (excludes halogenated alkanes) is 9. The maximum absolute atomic E-state index is 4.94. The third-order valence-electron chi connectivity index (χ3n) is 9.14. The van der Waals surface area contributed by atoms with Crippen LogP contribution in [-0.2, 0) is 6.42 Å². The van der Waals surface area contributed by atoms with E-state index in [1.165, 1.54) is 132 Å². The summed E-state index contributed by atoms with van der Waals surface area (Å²) in [6, 6.07) is 0. The average Bonchev–Trinajstić information content (AvgIpc) is 2.99. The first-order chi connectivity index (χ1) is 20.9. The van der Waals surface area contributed by atoms with Crippen LogP contribution in [-0.4, -0.2) is 36.2 Å². The molecule has 2 rings (SSSR count). The fraction of sp³-hybridized carbons (Fsp3) is 0.692. The molecule has 43 heavy (non-hydrogen) atoms. The lowest BCUT2D eigenvalue weighted by Crippen LogP contribution is -2.20. The first kappa shape index (κ1) is 37.0. The number of allylic oxidation sites excluding steroid dienone is 3. The third kappa shape index (κ3) is 14.9. The van der Waals surface area contributed by atoms with Crippen molar-refractivity contribution in [3.05, 3.63) is 47.3 Å². The van der Waals surface area contributed by atoms with Crippen LogP contribution in [0.4, 0.5) is 11.5 Å². The first-order valence-electron chi connectivity index (χ1n) is 17.9. The summed E-state index contributed by atoms with van der Waals surface area (Å²) in [6.45, 7) is 19.9. The van der Waals surface area contributed by atoms with Gasteiger partial charge >= 0.3 is 0 Å². The lowest BCUT2D eigenvalue weighted by atomic mass is 9.90. The van der Waals surface area contributed by atoms with Crippen LogP contribution in [0.25, 0.3) is 6.08 Å². The van der Waals surface area contributed by atoms with Crippen LogP contribution in [0.1, 0.15) is 153 Å². The second-order valence-corrected chi connectivity index (χ2v) is 13.1. The van der Waals surface area contributed by atoms with Crippen LogP contribution >= 0.6 is 0 Å². The number of hydrogen-bond acceptors (Lipinski definition) is 4. The van der Waals surface area contributed by atoms with E-state index < -0.39 is 0 Å². The Kier molecular flexibility index (Phi) is 19.2. The maximum Gasteiger partial charge on any atom is 0.156 e. The molecule has 0 saturated carbocycles. The van der Waals surface area contributed by atoms with E-state index in [2.05, 4.69) is 68.3 Å². The van der Waals surface area contributed by atoms with Gasteiger partial charge in [-0.2, -0.15) is 0 Å². The molecule has 0 fully saturated rings. The molecule has 0 bridgehead atoms. The minimum absolute atomic E-state index is 0.859. The predicted octanol–water partition coefficient (Wildman–Crippen LogP) is 11.8. The van der Waals surface area contributed by atoms with Gasteiger partial charge in [0.1, 0.15) is 5.69 Å². The molecule has 4 nitrogen and oxygen atoms in total. The van der Waals surface area contributed by atoms with E-state index >= 15 is 0 Å². The Morgan fingerprint density at radius 1 is 0.977 bits per heavy atom. The number of aromatic nitrogens is 1. The van der Waals surface area contributed by atoms with Crippen molar-refractivity contribution in [1.82, 2.24) is 9.88 Å². The van der Waals surface area contributed by atoms with E-state index in [1.54, 1.807) is 0 Å². The molecule has 0 radical (unpaired) electrons. The predicted molar refractivity (Wildman–Crippen MR) is 193 cm³/mol. The Labute approximate surface area is 266 Å². The van der Waals surface area contributed by atoms with Crippen molar-refractivity contribution < 1.29 is 0 Å². The topological polar surface area (TPSA) is 40.5 Å². The van der Waals surface area contributed by atoms with Crippen molar-refractivity contribution in [1.29, 1.82) is 0 Å². The number of hydrogen-bond donors (Lipinski definition) is 1. The zero-order valence-corrected chi connectivity index (χ0v) is 28.9. The number of anilines is 1. The molecule has 1 aliphatic rings. The standard InChI is InChI=1S/C39H66N4/c1-8-11-17-26-35(9-2)31-32(4)24-18-14-12-13-15-22-29-43(7)30-23-16-19-25-33(5)41-39-38(40-10-3)34(6)36-27-20-21-28-37(36)42-39/h10,20,27,35H,4-5,8-9,11-19,21-26,28-31H2,1-3,6-7H3,(H,41,42). The molecule has 1 aliphatic carbocycles. The van der Waals surface area contributed by atoms with Crippen molar-refractivity contribution in [2.24, 2.45) is 10.9 Å². The van der Waals surface area contributed by atoms with Gasteiger partial charge in [0.25, 0.3) is 0 Å². The van der Waals surface area contributed by atoms with E-state index in [-0.39, 0.29) is 0 Å². The van der Waals surface area contributed by atoms with Crippen LogP contribution in [0.5, 0.6) is 0 Å². The van der Waals surface area contributed by atoms with Gasteiger partial charge in [0.05, 0.1) is 5.69 Å². The summed E-state index contributed by atoms with van der Waals surface area (Å²) in [4.78, 5) is 12.1. The highest BCUT2D eigenvalue weighted by Crippen LogP contribution is 2.35. The molecule has 4 heteroatoms. The van der Waals surface area contributed by atoms with Crippen LogP contribution in [0, 0.1) is 12.8 Å². The Balaban J connectivity index is 1.50. The fourth-order valence-corrected chi connectivity index (χ4v) is 6.32. The molecule has 0 spiro atoms. The van der Waals surface area contributed by atoms with Crippen LogP contribution < -0.4 is 5.32 Å². The highest BCUT2D eigenvalue weighted by Gasteiger charge is 2.17. The van der Waals surface area contributed by atoms with Crippen molar-refractivity contribution >= 4 is 23.8 Å². The number of pyridine rings is 1. The monoisotopic (exact) mass is 591 g/mol. The highest BCUT2D eigenvalue weighted by molar-refractivity contribution is 5.77. The Morgan fingerprint density at radius 3 is 2.35 bits per heavy atom. The Morgan fingerprint density at radius 2 is 1.65 bits per heavy atom. The van der Waals surface area contributed by atoms with Crippen molar-refractivity contribution in [2.75, 3.05) is 25.5 Å². The molecular formula is C39H66N4. The fourth-order valence-electron chi connectivity index (χ4n) is 6.32. The van der Waals surface area contributed by atoms with Crippen molar-refractivity contribution in [3.8, 4) is 0 Å². The molecule has 0 aliphatic heterocycles. The van der Waals surface area contributed by atoms with E-state index in [9.17, 15) is 0 Å². The maximum atomic E-state index is 4.94. The highest BCUT2D eigenvalue weighted by atomic mass is 15.1.